The molecule has 0 saturated carbocycles. The van der Waals surface area contributed by atoms with Gasteiger partial charge in [0.2, 0.25) is 5.91 Å². The molecule has 0 aliphatic rings. The van der Waals surface area contributed by atoms with E-state index in [1.165, 1.54) is 0 Å². The topological polar surface area (TPSA) is 32.3 Å². The lowest BCUT2D eigenvalue weighted by Crippen LogP contribution is -2.41. The summed E-state index contributed by atoms with van der Waals surface area (Å²) in [6.45, 7) is 7.84. The third-order valence-corrected chi connectivity index (χ3v) is 2.78. The maximum Gasteiger partial charge on any atom is 0.241 e. The van der Waals surface area contributed by atoms with Crippen LogP contribution in [0.1, 0.15) is 20.8 Å². The van der Waals surface area contributed by atoms with Gasteiger partial charge in [-0.2, -0.15) is 0 Å². The first-order chi connectivity index (χ1) is 7.69. The minimum Gasteiger partial charge on any atom is -0.325 e. The van der Waals surface area contributed by atoms with Gasteiger partial charge in [0.05, 0.1) is 6.04 Å². The van der Waals surface area contributed by atoms with Crippen LogP contribution in [0.4, 0.5) is 5.69 Å². The van der Waals surface area contributed by atoms with Crippen molar-refractivity contribution in [3.63, 3.8) is 0 Å². The van der Waals surface area contributed by atoms with Crippen LogP contribution in [-0.4, -0.2) is 29.9 Å². The molecule has 1 N–H and O–H groups in total. The third kappa shape index (κ3) is 3.35. The van der Waals surface area contributed by atoms with Crippen molar-refractivity contribution in [1.82, 2.24) is 4.90 Å². The molecule has 0 heterocycles. The summed E-state index contributed by atoms with van der Waals surface area (Å²) in [5.41, 5.74) is 0.853. The van der Waals surface area contributed by atoms with Crippen molar-refractivity contribution in [2.24, 2.45) is 0 Å². The summed E-state index contributed by atoms with van der Waals surface area (Å²) in [6.07, 6.45) is 0. The smallest absolute Gasteiger partial charge is 0.241 e. The number of likely N-dealkylation sites (N-methyl/N-ethyl adjacent to an activating group) is 1. The van der Waals surface area contributed by atoms with E-state index in [4.69, 9.17) is 0 Å². The molecule has 1 aromatic carbocycles. The van der Waals surface area contributed by atoms with Gasteiger partial charge >= 0.3 is 0 Å². The Labute approximate surface area is 97.5 Å². The van der Waals surface area contributed by atoms with Crippen LogP contribution in [-0.2, 0) is 4.79 Å². The molecule has 1 atom stereocenters. The van der Waals surface area contributed by atoms with Crippen LogP contribution in [0.15, 0.2) is 30.3 Å². The minimum absolute atomic E-state index is 0.0508. The molecule has 3 heteroatoms. The largest absolute Gasteiger partial charge is 0.325 e. The molecule has 3 nitrogen and oxygen atoms in total. The molecule has 0 bridgehead atoms. The zero-order valence-electron chi connectivity index (χ0n) is 10.2. The highest BCUT2D eigenvalue weighted by atomic mass is 16.2. The number of nitrogens with zero attached hydrogens (tertiary/aromatic N) is 1. The van der Waals surface area contributed by atoms with E-state index in [9.17, 15) is 4.79 Å². The Kier molecular flexibility index (Phi) is 4.99. The molecule has 0 spiro atoms. The summed E-state index contributed by atoms with van der Waals surface area (Å²) >= 11 is 0. The van der Waals surface area contributed by atoms with Crippen LogP contribution in [0, 0.1) is 0 Å². The standard InChI is InChI=1S/C13H20N2O/c1-4-15(5-2)11(3)13(16)14-12-9-7-6-8-10-12/h6-11H,4-5H2,1-3H3,(H,14,16)/t11-/m1/s1. The Morgan fingerprint density at radius 3 is 2.31 bits per heavy atom. The Bertz CT molecular complexity index is 320. The van der Waals surface area contributed by atoms with Crippen LogP contribution in [0.5, 0.6) is 0 Å². The average Bonchev–Trinajstić information content (AvgIpc) is 2.31. The van der Waals surface area contributed by atoms with E-state index in [2.05, 4.69) is 24.1 Å². The highest BCUT2D eigenvalue weighted by Gasteiger charge is 2.18. The Morgan fingerprint density at radius 2 is 1.81 bits per heavy atom. The maximum absolute atomic E-state index is 11.9. The third-order valence-electron chi connectivity index (χ3n) is 2.78. The Morgan fingerprint density at radius 1 is 1.25 bits per heavy atom. The summed E-state index contributed by atoms with van der Waals surface area (Å²) in [7, 11) is 0. The van der Waals surface area contributed by atoms with Crippen LogP contribution < -0.4 is 5.32 Å². The van der Waals surface area contributed by atoms with Gasteiger partial charge in [-0.15, -0.1) is 0 Å². The first-order valence-electron chi connectivity index (χ1n) is 5.79. The molecular weight excluding hydrogens is 200 g/mol. The van der Waals surface area contributed by atoms with Crippen molar-refractivity contribution in [3.8, 4) is 0 Å². The molecule has 1 rings (SSSR count). The fraction of sp³-hybridized carbons (Fsp3) is 0.462. The molecule has 1 amide bonds. The number of nitrogens with one attached hydrogen (secondary N) is 1. The monoisotopic (exact) mass is 220 g/mol. The second kappa shape index (κ2) is 6.28. The number of carbonyl (C=O) groups is 1. The van der Waals surface area contributed by atoms with Gasteiger partial charge in [0.25, 0.3) is 0 Å². The molecule has 0 aliphatic heterocycles. The molecule has 0 aromatic heterocycles. The van der Waals surface area contributed by atoms with Gasteiger partial charge in [0.15, 0.2) is 0 Å². The summed E-state index contributed by atoms with van der Waals surface area (Å²) in [5.74, 6) is 0.0508. The summed E-state index contributed by atoms with van der Waals surface area (Å²) < 4.78 is 0. The number of rotatable bonds is 5. The van der Waals surface area contributed by atoms with Crippen molar-refractivity contribution in [1.29, 1.82) is 0 Å². The SMILES string of the molecule is CCN(CC)[C@H](C)C(=O)Nc1ccccc1. The number of benzene rings is 1. The lowest BCUT2D eigenvalue weighted by Gasteiger charge is -2.25. The van der Waals surface area contributed by atoms with E-state index in [1.807, 2.05) is 37.3 Å². The zero-order valence-corrected chi connectivity index (χ0v) is 10.2. The molecule has 0 aliphatic carbocycles. The molecular formula is C13H20N2O. The number of hydrogen-bond donors (Lipinski definition) is 1. The molecule has 16 heavy (non-hydrogen) atoms. The minimum atomic E-state index is -0.0878. The van der Waals surface area contributed by atoms with E-state index < -0.39 is 0 Å². The van der Waals surface area contributed by atoms with Gasteiger partial charge in [-0.1, -0.05) is 32.0 Å². The number of anilines is 1. The average molecular weight is 220 g/mol. The number of amides is 1. The van der Waals surface area contributed by atoms with Gasteiger partial charge < -0.3 is 5.32 Å². The summed E-state index contributed by atoms with van der Waals surface area (Å²) in [5, 5.41) is 2.91. The van der Waals surface area contributed by atoms with Crippen molar-refractivity contribution in [2.75, 3.05) is 18.4 Å². The second-order valence-corrected chi connectivity index (χ2v) is 3.75. The van der Waals surface area contributed by atoms with Gasteiger partial charge in [-0.05, 0) is 32.1 Å². The predicted molar refractivity (Wildman–Crippen MR) is 67.5 cm³/mol. The molecule has 88 valence electrons. The number of carbonyl (C=O) groups excluding carboxylic acids is 1. The highest BCUT2D eigenvalue weighted by molar-refractivity contribution is 5.94. The number of hydrogen-bond acceptors (Lipinski definition) is 2. The highest BCUT2D eigenvalue weighted by Crippen LogP contribution is 2.07. The molecule has 0 saturated heterocycles. The fourth-order valence-electron chi connectivity index (χ4n) is 1.71. The van der Waals surface area contributed by atoms with E-state index >= 15 is 0 Å². The van der Waals surface area contributed by atoms with E-state index in [0.717, 1.165) is 18.8 Å². The normalized spacial score (nSPS) is 12.5. The van der Waals surface area contributed by atoms with Gasteiger partial charge in [-0.25, -0.2) is 0 Å². The maximum atomic E-state index is 11.9. The van der Waals surface area contributed by atoms with Crippen LogP contribution in [0.25, 0.3) is 0 Å². The second-order valence-electron chi connectivity index (χ2n) is 3.75. The summed E-state index contributed by atoms with van der Waals surface area (Å²) in [6, 6.07) is 9.47. The van der Waals surface area contributed by atoms with Crippen molar-refractivity contribution in [2.45, 2.75) is 26.8 Å². The van der Waals surface area contributed by atoms with Crippen LogP contribution in [0.3, 0.4) is 0 Å². The Hall–Kier alpha value is -1.35. The van der Waals surface area contributed by atoms with E-state index in [1.54, 1.807) is 0 Å². The lowest BCUT2D eigenvalue weighted by molar-refractivity contribution is -0.120. The summed E-state index contributed by atoms with van der Waals surface area (Å²) in [4.78, 5) is 14.0. The van der Waals surface area contributed by atoms with Gasteiger partial charge in [-0.3, -0.25) is 9.69 Å². The molecule has 0 radical (unpaired) electrons. The van der Waals surface area contributed by atoms with E-state index in [0.29, 0.717) is 0 Å². The Balaban J connectivity index is 2.58. The van der Waals surface area contributed by atoms with E-state index in [-0.39, 0.29) is 11.9 Å². The van der Waals surface area contributed by atoms with Crippen molar-refractivity contribution in [3.05, 3.63) is 30.3 Å². The fourth-order valence-corrected chi connectivity index (χ4v) is 1.71. The molecule has 0 unspecified atom stereocenters. The van der Waals surface area contributed by atoms with Gasteiger partial charge in [0, 0.05) is 5.69 Å². The van der Waals surface area contributed by atoms with Crippen LogP contribution in [0.2, 0.25) is 0 Å². The number of para-hydroxylation sites is 1. The first-order valence-corrected chi connectivity index (χ1v) is 5.79. The van der Waals surface area contributed by atoms with Crippen LogP contribution >= 0.6 is 0 Å². The zero-order chi connectivity index (χ0) is 12.0. The first kappa shape index (κ1) is 12.7. The van der Waals surface area contributed by atoms with Gasteiger partial charge in [0.1, 0.15) is 0 Å². The molecule has 1 aromatic rings. The van der Waals surface area contributed by atoms with Crippen molar-refractivity contribution < 1.29 is 4.79 Å². The lowest BCUT2D eigenvalue weighted by atomic mass is 10.2. The van der Waals surface area contributed by atoms with Crippen molar-refractivity contribution >= 4 is 11.6 Å². The molecule has 0 fully saturated rings. The quantitative estimate of drug-likeness (QED) is 0.826. The predicted octanol–water partition coefficient (Wildman–Crippen LogP) is 2.36.